The van der Waals surface area contributed by atoms with E-state index in [9.17, 15) is 4.79 Å². The Balaban J connectivity index is 2.47. The van der Waals surface area contributed by atoms with E-state index in [1.165, 1.54) is 0 Å². The minimum atomic E-state index is -0.765. The summed E-state index contributed by atoms with van der Waals surface area (Å²) < 4.78 is 0. The molecule has 4 rings (SSSR count). The number of ketones is 1. The van der Waals surface area contributed by atoms with Crippen LogP contribution in [0.25, 0.3) is 0 Å². The number of carbonyl (C=O) groups excluding carboxylic acids is 1. The van der Waals surface area contributed by atoms with Crippen molar-refractivity contribution in [1.29, 1.82) is 0 Å². The highest BCUT2D eigenvalue weighted by molar-refractivity contribution is 6.52. The van der Waals surface area contributed by atoms with E-state index in [0.717, 1.165) is 5.56 Å². The van der Waals surface area contributed by atoms with Crippen LogP contribution in [0.4, 0.5) is 0 Å². The normalized spacial score (nSPS) is 31.8. The Hall–Kier alpha value is -0.210. The predicted octanol–water partition coefficient (Wildman–Crippen LogP) is 5.43. The number of fused-ring (bicyclic) bond motifs is 1. The molecule has 3 aliphatic carbocycles. The molecule has 0 saturated carbocycles. The number of benzene rings is 1. The summed E-state index contributed by atoms with van der Waals surface area (Å²) in [5, 5.41) is 1.22. The van der Waals surface area contributed by atoms with Gasteiger partial charge in [0.15, 0.2) is 5.78 Å². The lowest BCUT2D eigenvalue weighted by molar-refractivity contribution is -0.127. The van der Waals surface area contributed by atoms with Crippen LogP contribution in [0.1, 0.15) is 30.9 Å². The Morgan fingerprint density at radius 3 is 2.26 bits per heavy atom. The molecule has 3 unspecified atom stereocenters. The van der Waals surface area contributed by atoms with Gasteiger partial charge in [0.05, 0.1) is 25.5 Å². The number of rotatable bonds is 0. The summed E-state index contributed by atoms with van der Waals surface area (Å²) in [5.41, 5.74) is 0.792. The zero-order valence-electron chi connectivity index (χ0n) is 10.2. The van der Waals surface area contributed by atoms with E-state index in [-0.39, 0.29) is 27.7 Å². The summed E-state index contributed by atoms with van der Waals surface area (Å²) in [4.78, 5) is 12.5. The van der Waals surface area contributed by atoms with Crippen LogP contribution in [0.3, 0.4) is 0 Å². The summed E-state index contributed by atoms with van der Waals surface area (Å²) in [6.07, 6.45) is 3.91. The highest BCUT2D eigenvalue weighted by atomic mass is 35.5. The average molecular weight is 336 g/mol. The van der Waals surface area contributed by atoms with E-state index < -0.39 is 5.41 Å². The fourth-order valence-corrected chi connectivity index (χ4v) is 4.39. The highest BCUT2D eigenvalue weighted by Crippen LogP contribution is 2.57. The molecular weight excluding hydrogens is 326 g/mol. The zero-order valence-corrected chi connectivity index (χ0v) is 13.3. The molecule has 5 heteroatoms. The minimum Gasteiger partial charge on any atom is -0.298 e. The molecule has 0 radical (unpaired) electrons. The molecule has 19 heavy (non-hydrogen) atoms. The molecular formula is C14H10Cl4O. The Morgan fingerprint density at radius 1 is 1.05 bits per heavy atom. The topological polar surface area (TPSA) is 17.1 Å². The second-order valence-corrected chi connectivity index (χ2v) is 6.80. The third-order valence-corrected chi connectivity index (χ3v) is 6.07. The van der Waals surface area contributed by atoms with Gasteiger partial charge in [0.1, 0.15) is 0 Å². The summed E-state index contributed by atoms with van der Waals surface area (Å²) in [6.45, 7) is 3.76. The van der Waals surface area contributed by atoms with Gasteiger partial charge in [-0.3, -0.25) is 4.79 Å². The van der Waals surface area contributed by atoms with E-state index in [0.29, 0.717) is 15.6 Å². The van der Waals surface area contributed by atoms with Crippen LogP contribution in [0, 0.1) is 5.92 Å². The molecule has 100 valence electrons. The van der Waals surface area contributed by atoms with Gasteiger partial charge in [-0.15, -0.1) is 0 Å². The van der Waals surface area contributed by atoms with Crippen molar-refractivity contribution < 1.29 is 4.79 Å². The molecule has 0 saturated heterocycles. The van der Waals surface area contributed by atoms with E-state index in [2.05, 4.69) is 0 Å². The first-order valence-corrected chi connectivity index (χ1v) is 7.42. The van der Waals surface area contributed by atoms with Crippen LogP contribution >= 0.6 is 46.4 Å². The summed E-state index contributed by atoms with van der Waals surface area (Å²) in [5.74, 6) is -0.0683. The van der Waals surface area contributed by atoms with Crippen LogP contribution < -0.4 is 0 Å². The lowest BCUT2D eigenvalue weighted by Gasteiger charge is -2.45. The third-order valence-electron chi connectivity index (χ3n) is 4.26. The molecule has 0 fully saturated rings. The van der Waals surface area contributed by atoms with E-state index in [1.54, 1.807) is 0 Å². The SMILES string of the molecule is CC1C(=O)C2(C)C=CC1c1c(Cl)c(Cl)c(Cl)c(Cl)c12. The Kier molecular flexibility index (Phi) is 3.00. The molecule has 3 aliphatic rings. The van der Waals surface area contributed by atoms with Gasteiger partial charge in [-0.05, 0) is 18.1 Å². The molecule has 3 atom stereocenters. The van der Waals surface area contributed by atoms with Crippen LogP contribution in [-0.4, -0.2) is 5.78 Å². The monoisotopic (exact) mass is 334 g/mol. The molecule has 1 aromatic rings. The molecule has 0 aromatic heterocycles. The second kappa shape index (κ2) is 4.14. The fourth-order valence-electron chi connectivity index (χ4n) is 3.20. The van der Waals surface area contributed by atoms with Crippen LogP contribution in [-0.2, 0) is 10.2 Å². The largest absolute Gasteiger partial charge is 0.298 e. The van der Waals surface area contributed by atoms with Gasteiger partial charge < -0.3 is 0 Å². The minimum absolute atomic E-state index is 0.0795. The van der Waals surface area contributed by atoms with E-state index in [1.807, 2.05) is 26.0 Å². The van der Waals surface area contributed by atoms with Crippen molar-refractivity contribution in [1.82, 2.24) is 0 Å². The maximum atomic E-state index is 12.5. The Labute approximate surface area is 131 Å². The zero-order chi connectivity index (χ0) is 14.1. The van der Waals surface area contributed by atoms with E-state index in [4.69, 9.17) is 46.4 Å². The lowest BCUT2D eigenvalue weighted by atomic mass is 9.58. The van der Waals surface area contributed by atoms with Crippen molar-refractivity contribution in [2.45, 2.75) is 25.2 Å². The van der Waals surface area contributed by atoms with Gasteiger partial charge in [-0.25, -0.2) is 0 Å². The molecule has 0 spiro atoms. The number of hydrogen-bond donors (Lipinski definition) is 0. The van der Waals surface area contributed by atoms with Crippen molar-refractivity contribution in [2.75, 3.05) is 0 Å². The van der Waals surface area contributed by atoms with E-state index >= 15 is 0 Å². The number of hydrogen-bond acceptors (Lipinski definition) is 1. The van der Waals surface area contributed by atoms with Crippen LogP contribution in [0.15, 0.2) is 12.2 Å². The maximum absolute atomic E-state index is 12.5. The average Bonchev–Trinajstić information content (AvgIpc) is 2.39. The second-order valence-electron chi connectivity index (χ2n) is 5.28. The quantitative estimate of drug-likeness (QED) is 0.351. The molecule has 0 N–H and O–H groups in total. The van der Waals surface area contributed by atoms with Crippen LogP contribution in [0.5, 0.6) is 0 Å². The summed E-state index contributed by atoms with van der Waals surface area (Å²) >= 11 is 24.9. The third kappa shape index (κ3) is 1.53. The molecule has 1 aromatic carbocycles. The Bertz CT molecular complexity index is 650. The molecule has 2 bridgehead atoms. The lowest BCUT2D eigenvalue weighted by Crippen LogP contribution is -2.46. The maximum Gasteiger partial charge on any atom is 0.150 e. The molecule has 0 amide bonds. The van der Waals surface area contributed by atoms with Gasteiger partial charge in [0.25, 0.3) is 0 Å². The standard InChI is InChI=1S/C14H10Cl4O/c1-5-6-3-4-14(2,13(5)19)8-7(6)9(15)11(17)12(18)10(8)16/h3-6H,1-2H3. The van der Waals surface area contributed by atoms with Crippen molar-refractivity contribution in [3.8, 4) is 0 Å². The highest BCUT2D eigenvalue weighted by Gasteiger charge is 2.51. The molecule has 0 heterocycles. The number of Topliss-reactive ketones (excluding diaryl/α,β-unsaturated/α-hetero) is 1. The summed E-state index contributed by atoms with van der Waals surface area (Å²) in [7, 11) is 0. The van der Waals surface area contributed by atoms with Crippen molar-refractivity contribution in [3.63, 3.8) is 0 Å². The van der Waals surface area contributed by atoms with Gasteiger partial charge in [-0.1, -0.05) is 65.5 Å². The molecule has 1 nitrogen and oxygen atoms in total. The number of carbonyl (C=O) groups is 1. The van der Waals surface area contributed by atoms with Gasteiger partial charge in [0, 0.05) is 11.8 Å². The van der Waals surface area contributed by atoms with Gasteiger partial charge in [-0.2, -0.15) is 0 Å². The fraction of sp³-hybridized carbons (Fsp3) is 0.357. The first-order valence-electron chi connectivity index (χ1n) is 5.90. The van der Waals surface area contributed by atoms with Crippen molar-refractivity contribution >= 4 is 52.2 Å². The Morgan fingerprint density at radius 2 is 1.63 bits per heavy atom. The first-order chi connectivity index (χ1) is 8.80. The van der Waals surface area contributed by atoms with Crippen molar-refractivity contribution in [2.24, 2.45) is 5.92 Å². The smallest absolute Gasteiger partial charge is 0.150 e. The number of halogens is 4. The first kappa shape index (κ1) is 13.8. The van der Waals surface area contributed by atoms with Gasteiger partial charge in [0.2, 0.25) is 0 Å². The predicted molar refractivity (Wildman–Crippen MR) is 79.9 cm³/mol. The van der Waals surface area contributed by atoms with Crippen LogP contribution in [0.2, 0.25) is 20.1 Å². The van der Waals surface area contributed by atoms with Gasteiger partial charge >= 0.3 is 0 Å². The summed E-state index contributed by atoms with van der Waals surface area (Å²) in [6, 6.07) is 0. The number of allylic oxidation sites excluding steroid dienone is 2. The van der Waals surface area contributed by atoms with Crippen molar-refractivity contribution in [3.05, 3.63) is 43.4 Å². The molecule has 0 aliphatic heterocycles.